The minimum atomic E-state index is -0.557. The van der Waals surface area contributed by atoms with Crippen LogP contribution in [-0.2, 0) is 13.1 Å². The van der Waals surface area contributed by atoms with E-state index in [-0.39, 0.29) is 5.69 Å². The second-order valence-electron chi connectivity index (χ2n) is 6.54. The number of nitrogens with zero attached hydrogens (tertiary/aromatic N) is 4. The normalized spacial score (nSPS) is 11.0. The molecule has 0 saturated heterocycles. The van der Waals surface area contributed by atoms with Crippen molar-refractivity contribution in [1.82, 2.24) is 19.3 Å². The molecule has 8 heteroatoms. The Kier molecular flexibility index (Phi) is 5.14. The van der Waals surface area contributed by atoms with Gasteiger partial charge in [0, 0.05) is 36.2 Å². The van der Waals surface area contributed by atoms with Gasteiger partial charge >= 0.3 is 0 Å². The summed E-state index contributed by atoms with van der Waals surface area (Å²) in [5.74, 6) is -0.557. The number of anilines is 1. The highest BCUT2D eigenvalue weighted by Gasteiger charge is 2.18. The molecule has 1 N–H and O–H groups in total. The lowest BCUT2D eigenvalue weighted by atomic mass is 10.1. The summed E-state index contributed by atoms with van der Waals surface area (Å²) in [6, 6.07) is 12.4. The van der Waals surface area contributed by atoms with Gasteiger partial charge in [-0.15, -0.1) is 0 Å². The molecule has 0 bridgehead atoms. The van der Waals surface area contributed by atoms with E-state index in [1.54, 1.807) is 41.5 Å². The van der Waals surface area contributed by atoms with Crippen molar-refractivity contribution < 1.29 is 4.79 Å². The molecule has 0 saturated carbocycles. The highest BCUT2D eigenvalue weighted by Crippen LogP contribution is 2.17. The molecule has 0 aliphatic rings. The quantitative estimate of drug-likeness (QED) is 0.548. The summed E-state index contributed by atoms with van der Waals surface area (Å²) in [6.45, 7) is 3.03. The predicted molar refractivity (Wildman–Crippen MR) is 112 cm³/mol. The molecule has 0 atom stereocenters. The van der Waals surface area contributed by atoms with E-state index in [2.05, 4.69) is 15.4 Å². The van der Waals surface area contributed by atoms with Crippen molar-refractivity contribution in [2.75, 3.05) is 5.32 Å². The fraction of sp³-hybridized carbons (Fsp3) is 0.143. The smallest absolute Gasteiger partial charge is 0.280 e. The average molecular weight is 408 g/mol. The molecule has 29 heavy (non-hydrogen) atoms. The van der Waals surface area contributed by atoms with Crippen LogP contribution in [0.2, 0.25) is 5.02 Å². The summed E-state index contributed by atoms with van der Waals surface area (Å²) in [5, 5.41) is 7.84. The Morgan fingerprint density at radius 3 is 2.83 bits per heavy atom. The van der Waals surface area contributed by atoms with Crippen molar-refractivity contribution in [2.24, 2.45) is 0 Å². The zero-order valence-electron chi connectivity index (χ0n) is 15.7. The van der Waals surface area contributed by atoms with E-state index in [0.717, 1.165) is 5.56 Å². The van der Waals surface area contributed by atoms with E-state index in [4.69, 9.17) is 11.6 Å². The van der Waals surface area contributed by atoms with Gasteiger partial charge < -0.3 is 9.88 Å². The predicted octanol–water partition coefficient (Wildman–Crippen LogP) is 3.57. The van der Waals surface area contributed by atoms with Crippen molar-refractivity contribution in [3.63, 3.8) is 0 Å². The fourth-order valence-electron chi connectivity index (χ4n) is 3.18. The zero-order valence-corrected chi connectivity index (χ0v) is 16.4. The Balaban J connectivity index is 1.66. The maximum absolute atomic E-state index is 12.9. The van der Waals surface area contributed by atoms with Gasteiger partial charge in [0.15, 0.2) is 5.69 Å². The second-order valence-corrected chi connectivity index (χ2v) is 6.98. The van der Waals surface area contributed by atoms with Crippen LogP contribution in [0.4, 0.5) is 5.69 Å². The SMILES string of the molecule is CCn1nc(C(=O)Nc2cccc(Cn3ccnc3)c2)c(=O)c2cc(Cl)ccc21. The molecule has 1 amide bonds. The van der Waals surface area contributed by atoms with Crippen molar-refractivity contribution in [3.05, 3.63) is 87.7 Å². The molecule has 2 aromatic heterocycles. The molecular weight excluding hydrogens is 390 g/mol. The van der Waals surface area contributed by atoms with Gasteiger partial charge in [0.1, 0.15) is 0 Å². The van der Waals surface area contributed by atoms with E-state index in [1.807, 2.05) is 35.9 Å². The molecule has 0 spiro atoms. The maximum atomic E-state index is 12.9. The van der Waals surface area contributed by atoms with E-state index in [9.17, 15) is 9.59 Å². The molecule has 4 rings (SSSR count). The summed E-state index contributed by atoms with van der Waals surface area (Å²) < 4.78 is 3.55. The average Bonchev–Trinajstić information content (AvgIpc) is 3.22. The lowest BCUT2D eigenvalue weighted by Crippen LogP contribution is -2.27. The molecular formula is C21H18ClN5O2. The standard InChI is InChI=1S/C21H18ClN5O2/c1-2-27-18-7-6-15(22)11-17(18)20(28)19(25-27)21(29)24-16-5-3-4-14(10-16)12-26-9-8-23-13-26/h3-11,13H,2,12H2,1H3,(H,24,29). The molecule has 2 aromatic carbocycles. The number of hydrogen-bond donors (Lipinski definition) is 1. The van der Waals surface area contributed by atoms with Crippen molar-refractivity contribution >= 4 is 34.1 Å². The molecule has 0 unspecified atom stereocenters. The highest BCUT2D eigenvalue weighted by atomic mass is 35.5. The third-order valence-corrected chi connectivity index (χ3v) is 4.78. The molecule has 0 aliphatic carbocycles. The third kappa shape index (κ3) is 3.90. The van der Waals surface area contributed by atoms with Crippen LogP contribution in [0, 0.1) is 0 Å². The van der Waals surface area contributed by atoms with Crippen LogP contribution in [0.5, 0.6) is 0 Å². The van der Waals surface area contributed by atoms with E-state index < -0.39 is 11.3 Å². The minimum Gasteiger partial charge on any atom is -0.333 e. The van der Waals surface area contributed by atoms with Crippen molar-refractivity contribution in [1.29, 1.82) is 0 Å². The van der Waals surface area contributed by atoms with Crippen molar-refractivity contribution in [3.8, 4) is 0 Å². The first-order valence-corrected chi connectivity index (χ1v) is 9.49. The monoisotopic (exact) mass is 407 g/mol. The minimum absolute atomic E-state index is 0.165. The lowest BCUT2D eigenvalue weighted by molar-refractivity contribution is 0.101. The number of amides is 1. The van der Waals surface area contributed by atoms with Gasteiger partial charge in [0.25, 0.3) is 5.91 Å². The molecule has 146 valence electrons. The van der Waals surface area contributed by atoms with E-state index >= 15 is 0 Å². The van der Waals surface area contributed by atoms with Gasteiger partial charge in [-0.25, -0.2) is 4.98 Å². The topological polar surface area (TPSA) is 81.8 Å². The van der Waals surface area contributed by atoms with E-state index in [0.29, 0.717) is 34.7 Å². The number of aryl methyl sites for hydroxylation is 1. The zero-order chi connectivity index (χ0) is 20.4. The van der Waals surface area contributed by atoms with Gasteiger partial charge in [-0.3, -0.25) is 14.3 Å². The fourth-order valence-corrected chi connectivity index (χ4v) is 3.35. The first-order chi connectivity index (χ1) is 14.0. The summed E-state index contributed by atoms with van der Waals surface area (Å²) in [7, 11) is 0. The van der Waals surface area contributed by atoms with Crippen LogP contribution >= 0.6 is 11.6 Å². The van der Waals surface area contributed by atoms with Gasteiger partial charge in [-0.2, -0.15) is 5.10 Å². The van der Waals surface area contributed by atoms with Gasteiger partial charge in [0.2, 0.25) is 5.43 Å². The maximum Gasteiger partial charge on any atom is 0.280 e. The Morgan fingerprint density at radius 2 is 2.07 bits per heavy atom. The number of halogens is 1. The molecule has 2 heterocycles. The number of imidazole rings is 1. The Hall–Kier alpha value is -3.45. The summed E-state index contributed by atoms with van der Waals surface area (Å²) >= 11 is 6.05. The van der Waals surface area contributed by atoms with Crippen LogP contribution in [0.3, 0.4) is 0 Å². The Morgan fingerprint density at radius 1 is 1.21 bits per heavy atom. The molecule has 7 nitrogen and oxygen atoms in total. The number of hydrogen-bond acceptors (Lipinski definition) is 4. The second kappa shape index (κ2) is 7.89. The van der Waals surface area contributed by atoms with Crippen LogP contribution in [-0.4, -0.2) is 25.2 Å². The number of nitrogens with one attached hydrogen (secondary N) is 1. The van der Waals surface area contributed by atoms with Gasteiger partial charge in [0.05, 0.1) is 17.2 Å². The first-order valence-electron chi connectivity index (χ1n) is 9.11. The van der Waals surface area contributed by atoms with Crippen LogP contribution < -0.4 is 10.7 Å². The molecule has 0 fully saturated rings. The Bertz CT molecular complexity index is 1250. The van der Waals surface area contributed by atoms with Crippen LogP contribution in [0.25, 0.3) is 10.9 Å². The van der Waals surface area contributed by atoms with Gasteiger partial charge in [-0.1, -0.05) is 23.7 Å². The molecule has 4 aromatic rings. The number of carbonyl (C=O) groups excluding carboxylic acids is 1. The first kappa shape index (κ1) is 18.9. The number of rotatable bonds is 5. The molecule has 0 radical (unpaired) electrons. The Labute approximate surface area is 171 Å². The number of benzene rings is 2. The lowest BCUT2D eigenvalue weighted by Gasteiger charge is -2.11. The number of aromatic nitrogens is 4. The largest absolute Gasteiger partial charge is 0.333 e. The van der Waals surface area contributed by atoms with Crippen LogP contribution in [0.1, 0.15) is 23.0 Å². The summed E-state index contributed by atoms with van der Waals surface area (Å²) in [4.78, 5) is 29.7. The molecule has 0 aliphatic heterocycles. The summed E-state index contributed by atoms with van der Waals surface area (Å²) in [5.41, 5.74) is 1.61. The third-order valence-electron chi connectivity index (χ3n) is 4.54. The highest BCUT2D eigenvalue weighted by molar-refractivity contribution is 6.31. The van der Waals surface area contributed by atoms with Crippen LogP contribution in [0.15, 0.2) is 66.0 Å². The number of carbonyl (C=O) groups is 1. The van der Waals surface area contributed by atoms with Gasteiger partial charge in [-0.05, 0) is 42.8 Å². The van der Waals surface area contributed by atoms with Crippen molar-refractivity contribution in [2.45, 2.75) is 20.0 Å². The summed E-state index contributed by atoms with van der Waals surface area (Å²) in [6.07, 6.45) is 5.30. The number of fused-ring (bicyclic) bond motifs is 1. The van der Waals surface area contributed by atoms with E-state index in [1.165, 1.54) is 0 Å².